The fraction of sp³-hybridized carbons (Fsp3) is 1.00. The Bertz CT molecular complexity index is 191. The third-order valence-electron chi connectivity index (χ3n) is 3.72. The molecule has 1 aliphatic rings. The normalized spacial score (nSPS) is 21.0. The molecule has 0 aromatic carbocycles. The van der Waals surface area contributed by atoms with Crippen LogP contribution in [0.25, 0.3) is 0 Å². The van der Waals surface area contributed by atoms with Crippen LogP contribution in [0.4, 0.5) is 0 Å². The Hall–Kier alpha value is -0.160. The molecule has 0 bridgehead atoms. The Labute approximate surface area is 106 Å². The van der Waals surface area contributed by atoms with Gasteiger partial charge in [-0.1, -0.05) is 0 Å². The maximum absolute atomic E-state index is 5.69. The first-order valence-electron chi connectivity index (χ1n) is 6.87. The molecule has 4 nitrogen and oxygen atoms in total. The number of hydrogen-bond donors (Lipinski definition) is 1. The molecular weight excluding hydrogens is 214 g/mol. The standard InChI is InChI=1S/C13H29N3O/c1-4-17-13(11-14)7-10-16-8-5-12(6-9-16)15(2)3/h12-13H,4-11,14H2,1-3H3. The van der Waals surface area contributed by atoms with Crippen molar-refractivity contribution in [1.82, 2.24) is 9.80 Å². The van der Waals surface area contributed by atoms with Gasteiger partial charge in [0.05, 0.1) is 6.10 Å². The Morgan fingerprint density at radius 3 is 2.47 bits per heavy atom. The van der Waals surface area contributed by atoms with Crippen LogP contribution in [0, 0.1) is 0 Å². The fourth-order valence-electron chi connectivity index (χ4n) is 2.49. The summed E-state index contributed by atoms with van der Waals surface area (Å²) in [5, 5.41) is 0. The number of rotatable bonds is 7. The molecule has 1 unspecified atom stereocenters. The van der Waals surface area contributed by atoms with Crippen LogP contribution >= 0.6 is 0 Å². The minimum Gasteiger partial charge on any atom is -0.377 e. The molecule has 1 rings (SSSR count). The summed E-state index contributed by atoms with van der Waals surface area (Å²) in [6.45, 7) is 7.00. The van der Waals surface area contributed by atoms with E-state index < -0.39 is 0 Å². The molecule has 17 heavy (non-hydrogen) atoms. The second kappa shape index (κ2) is 8.03. The van der Waals surface area contributed by atoms with Gasteiger partial charge in [0.1, 0.15) is 0 Å². The van der Waals surface area contributed by atoms with Gasteiger partial charge in [0.2, 0.25) is 0 Å². The summed E-state index contributed by atoms with van der Waals surface area (Å²) in [5.74, 6) is 0. The molecule has 0 spiro atoms. The van der Waals surface area contributed by atoms with Crippen molar-refractivity contribution >= 4 is 0 Å². The van der Waals surface area contributed by atoms with Gasteiger partial charge in [-0.3, -0.25) is 0 Å². The van der Waals surface area contributed by atoms with Gasteiger partial charge in [-0.15, -0.1) is 0 Å². The highest BCUT2D eigenvalue weighted by Gasteiger charge is 2.20. The molecule has 1 saturated heterocycles. The zero-order valence-corrected chi connectivity index (χ0v) is 11.7. The number of piperidine rings is 1. The van der Waals surface area contributed by atoms with Crippen molar-refractivity contribution in [1.29, 1.82) is 0 Å². The highest BCUT2D eigenvalue weighted by Crippen LogP contribution is 2.14. The van der Waals surface area contributed by atoms with E-state index in [0.29, 0.717) is 6.54 Å². The van der Waals surface area contributed by atoms with Crippen molar-refractivity contribution in [3.8, 4) is 0 Å². The van der Waals surface area contributed by atoms with E-state index in [1.54, 1.807) is 0 Å². The quantitative estimate of drug-likeness (QED) is 0.717. The van der Waals surface area contributed by atoms with Crippen LogP contribution in [0.3, 0.4) is 0 Å². The molecule has 1 aliphatic heterocycles. The number of ether oxygens (including phenoxy) is 1. The lowest BCUT2D eigenvalue weighted by atomic mass is 10.0. The molecule has 0 amide bonds. The third kappa shape index (κ3) is 5.34. The number of hydrogen-bond acceptors (Lipinski definition) is 4. The maximum atomic E-state index is 5.69. The average Bonchev–Trinajstić information content (AvgIpc) is 2.35. The first kappa shape index (κ1) is 14.9. The molecule has 0 aromatic heterocycles. The zero-order chi connectivity index (χ0) is 12.7. The lowest BCUT2D eigenvalue weighted by Gasteiger charge is -2.35. The van der Waals surface area contributed by atoms with Crippen molar-refractivity contribution in [2.45, 2.75) is 38.3 Å². The number of nitrogens with two attached hydrogens (primary N) is 1. The lowest BCUT2D eigenvalue weighted by molar-refractivity contribution is 0.0490. The highest BCUT2D eigenvalue weighted by molar-refractivity contribution is 4.77. The average molecular weight is 243 g/mol. The van der Waals surface area contributed by atoms with Crippen LogP contribution in [-0.4, -0.2) is 68.8 Å². The molecule has 0 saturated carbocycles. The summed E-state index contributed by atoms with van der Waals surface area (Å²) >= 11 is 0. The predicted molar refractivity (Wildman–Crippen MR) is 72.2 cm³/mol. The second-order valence-corrected chi connectivity index (χ2v) is 5.14. The molecule has 0 aromatic rings. The summed E-state index contributed by atoms with van der Waals surface area (Å²) in [6.07, 6.45) is 3.88. The molecule has 102 valence electrons. The minimum absolute atomic E-state index is 0.242. The van der Waals surface area contributed by atoms with E-state index in [0.717, 1.165) is 25.6 Å². The van der Waals surface area contributed by atoms with E-state index in [2.05, 4.69) is 23.9 Å². The molecule has 0 aliphatic carbocycles. The smallest absolute Gasteiger partial charge is 0.0709 e. The van der Waals surface area contributed by atoms with E-state index in [-0.39, 0.29) is 6.10 Å². The van der Waals surface area contributed by atoms with Crippen LogP contribution in [-0.2, 0) is 4.74 Å². The van der Waals surface area contributed by atoms with Gasteiger partial charge in [-0.25, -0.2) is 0 Å². The SMILES string of the molecule is CCOC(CN)CCN1CCC(N(C)C)CC1. The monoisotopic (exact) mass is 243 g/mol. The maximum Gasteiger partial charge on any atom is 0.0709 e. The predicted octanol–water partition coefficient (Wildman–Crippen LogP) is 0.766. The largest absolute Gasteiger partial charge is 0.377 e. The van der Waals surface area contributed by atoms with Crippen LogP contribution < -0.4 is 5.73 Å². The molecular formula is C13H29N3O. The molecule has 1 heterocycles. The molecule has 1 fully saturated rings. The van der Waals surface area contributed by atoms with Crippen LogP contribution in [0.15, 0.2) is 0 Å². The molecule has 4 heteroatoms. The third-order valence-corrected chi connectivity index (χ3v) is 3.72. The van der Waals surface area contributed by atoms with E-state index >= 15 is 0 Å². The van der Waals surface area contributed by atoms with Gasteiger partial charge in [-0.05, 0) is 53.4 Å². The molecule has 2 N–H and O–H groups in total. The summed E-state index contributed by atoms with van der Waals surface area (Å²) in [5.41, 5.74) is 5.69. The topological polar surface area (TPSA) is 41.7 Å². The van der Waals surface area contributed by atoms with Crippen LogP contribution in [0.1, 0.15) is 26.2 Å². The Morgan fingerprint density at radius 1 is 1.35 bits per heavy atom. The molecule has 1 atom stereocenters. The van der Waals surface area contributed by atoms with Crippen molar-refractivity contribution in [2.24, 2.45) is 5.73 Å². The lowest BCUT2D eigenvalue weighted by Crippen LogP contribution is -2.43. The summed E-state index contributed by atoms with van der Waals surface area (Å²) < 4.78 is 5.58. The minimum atomic E-state index is 0.242. The van der Waals surface area contributed by atoms with Crippen molar-refractivity contribution < 1.29 is 4.74 Å². The zero-order valence-electron chi connectivity index (χ0n) is 11.7. The van der Waals surface area contributed by atoms with Gasteiger partial charge < -0.3 is 20.3 Å². The molecule has 0 radical (unpaired) electrons. The fourth-order valence-corrected chi connectivity index (χ4v) is 2.49. The van der Waals surface area contributed by atoms with Crippen LogP contribution in [0.2, 0.25) is 0 Å². The van der Waals surface area contributed by atoms with E-state index in [1.807, 2.05) is 6.92 Å². The van der Waals surface area contributed by atoms with Gasteiger partial charge in [0.25, 0.3) is 0 Å². The Kier molecular flexibility index (Phi) is 7.04. The van der Waals surface area contributed by atoms with E-state index in [1.165, 1.54) is 25.9 Å². The summed E-state index contributed by atoms with van der Waals surface area (Å²) in [7, 11) is 4.36. The highest BCUT2D eigenvalue weighted by atomic mass is 16.5. The first-order valence-corrected chi connectivity index (χ1v) is 6.87. The van der Waals surface area contributed by atoms with Gasteiger partial charge in [0, 0.05) is 25.7 Å². The van der Waals surface area contributed by atoms with Gasteiger partial charge >= 0.3 is 0 Å². The summed E-state index contributed by atoms with van der Waals surface area (Å²) in [6, 6.07) is 0.767. The van der Waals surface area contributed by atoms with Crippen molar-refractivity contribution in [3.63, 3.8) is 0 Å². The van der Waals surface area contributed by atoms with Gasteiger partial charge in [0.15, 0.2) is 0 Å². The van der Waals surface area contributed by atoms with Crippen LogP contribution in [0.5, 0.6) is 0 Å². The summed E-state index contributed by atoms with van der Waals surface area (Å²) in [4.78, 5) is 4.89. The first-order chi connectivity index (χ1) is 8.17. The Balaban J connectivity index is 2.17. The number of likely N-dealkylation sites (tertiary alicyclic amines) is 1. The Morgan fingerprint density at radius 2 is 2.00 bits per heavy atom. The van der Waals surface area contributed by atoms with E-state index in [4.69, 9.17) is 10.5 Å². The van der Waals surface area contributed by atoms with Gasteiger partial charge in [-0.2, -0.15) is 0 Å². The van der Waals surface area contributed by atoms with Crippen molar-refractivity contribution in [2.75, 3.05) is 46.9 Å². The van der Waals surface area contributed by atoms with Crippen molar-refractivity contribution in [3.05, 3.63) is 0 Å². The second-order valence-electron chi connectivity index (χ2n) is 5.14. The number of nitrogens with zero attached hydrogens (tertiary/aromatic N) is 2. The van der Waals surface area contributed by atoms with E-state index in [9.17, 15) is 0 Å².